The zero-order valence-corrected chi connectivity index (χ0v) is 40.4. The molecule has 4 unspecified atom stereocenters. The number of rotatable bonds is 10. The SMILES string of the molecule is COC(=O)N[C@H](C(=O)N1C2CCCCC2C[C@H]1c1nc(-c2cc3c(-c4c[nH]c([C@@H]5CC6CCCCC6N5C(=O)[C@@H](NC(=O)OC)C(C)C)n4)cc2CCc2ccc(cc2)[C@H](C)C3)c[nH]1)C(C)C. The van der Waals surface area contributed by atoms with Gasteiger partial charge >= 0.3 is 12.2 Å². The smallest absolute Gasteiger partial charge is 0.407 e. The van der Waals surface area contributed by atoms with E-state index in [9.17, 15) is 19.2 Å². The predicted molar refractivity (Wildman–Crippen MR) is 256 cm³/mol. The van der Waals surface area contributed by atoms with E-state index in [0.29, 0.717) is 11.8 Å². The Bertz CT molecular complexity index is 2440. The zero-order chi connectivity index (χ0) is 47.1. The normalized spacial score (nSPS) is 25.5. The van der Waals surface area contributed by atoms with Crippen molar-refractivity contribution in [1.29, 1.82) is 0 Å². The molecule has 2 saturated heterocycles. The third-order valence-electron chi connectivity index (χ3n) is 15.9. The van der Waals surface area contributed by atoms with Crippen molar-refractivity contribution >= 4 is 24.0 Å². The number of aromatic amines is 2. The maximum atomic E-state index is 14.6. The van der Waals surface area contributed by atoms with Crippen molar-refractivity contribution in [3.8, 4) is 22.5 Å². The van der Waals surface area contributed by atoms with Gasteiger partial charge in [0.1, 0.15) is 23.7 Å². The highest BCUT2D eigenvalue weighted by atomic mass is 16.5. The summed E-state index contributed by atoms with van der Waals surface area (Å²) in [5.74, 6) is 2.07. The number of fused-ring (bicyclic) bond motifs is 2. The fraction of sp³-hybridized carbons (Fsp3) is 0.585. The number of benzene rings is 2. The van der Waals surface area contributed by atoms with E-state index < -0.39 is 24.3 Å². The van der Waals surface area contributed by atoms with Crippen LogP contribution in [0.15, 0.2) is 48.8 Å². The predicted octanol–water partition coefficient (Wildman–Crippen LogP) is 9.34. The third kappa shape index (κ3) is 9.21. The highest BCUT2D eigenvalue weighted by Crippen LogP contribution is 2.48. The Kier molecular flexibility index (Phi) is 13.5. The molecule has 2 saturated carbocycles. The minimum atomic E-state index is -0.718. The largest absolute Gasteiger partial charge is 0.453 e. The molecule has 2 aromatic carbocycles. The molecular weight excluding hydrogens is 845 g/mol. The topological polar surface area (TPSA) is 175 Å². The molecule has 358 valence electrons. The summed E-state index contributed by atoms with van der Waals surface area (Å²) in [5.41, 5.74) is 8.69. The van der Waals surface area contributed by atoms with Crippen LogP contribution < -0.4 is 10.6 Å². The van der Waals surface area contributed by atoms with E-state index in [-0.39, 0.29) is 53.7 Å². The summed E-state index contributed by atoms with van der Waals surface area (Å²) in [6, 6.07) is 11.9. The maximum Gasteiger partial charge on any atom is 0.407 e. The second kappa shape index (κ2) is 19.5. The molecule has 67 heavy (non-hydrogen) atoms. The molecule has 2 aliphatic heterocycles. The highest BCUT2D eigenvalue weighted by Gasteiger charge is 2.50. The van der Waals surface area contributed by atoms with Gasteiger partial charge in [-0.1, -0.05) is 84.6 Å². The molecule has 12 rings (SSSR count). The van der Waals surface area contributed by atoms with Crippen molar-refractivity contribution < 1.29 is 28.7 Å². The number of methoxy groups -OCH3 is 2. The van der Waals surface area contributed by atoms with E-state index in [0.717, 1.165) is 129 Å². The maximum absolute atomic E-state index is 14.6. The summed E-state index contributed by atoms with van der Waals surface area (Å²) in [4.78, 5) is 76.2. The quantitative estimate of drug-likeness (QED) is 0.122. The molecule has 4 amide bonds. The van der Waals surface area contributed by atoms with Crippen LogP contribution in [0, 0.1) is 23.7 Å². The van der Waals surface area contributed by atoms with Crippen LogP contribution in [0.4, 0.5) is 9.59 Å². The summed E-state index contributed by atoms with van der Waals surface area (Å²) in [7, 11) is 2.65. The lowest BCUT2D eigenvalue weighted by atomic mass is 9.84. The number of hydrogen-bond acceptors (Lipinski definition) is 8. The number of imidazole rings is 2. The van der Waals surface area contributed by atoms with Gasteiger partial charge in [-0.15, -0.1) is 0 Å². The Morgan fingerprint density at radius 2 is 1.12 bits per heavy atom. The van der Waals surface area contributed by atoms with Crippen molar-refractivity contribution in [1.82, 2.24) is 40.4 Å². The van der Waals surface area contributed by atoms with Crippen molar-refractivity contribution in [2.45, 2.75) is 160 Å². The zero-order valence-electron chi connectivity index (χ0n) is 40.4. The van der Waals surface area contributed by atoms with Crippen LogP contribution in [-0.4, -0.2) is 92.1 Å². The number of nitrogens with zero attached hydrogens (tertiary/aromatic N) is 4. The Morgan fingerprint density at radius 1 is 0.657 bits per heavy atom. The molecule has 8 aliphatic rings. The molecular formula is C53H70N8O6. The molecule has 2 aromatic heterocycles. The molecule has 14 heteroatoms. The molecule has 4 N–H and O–H groups in total. The van der Waals surface area contributed by atoms with Crippen LogP contribution in [0.25, 0.3) is 22.5 Å². The average Bonchev–Trinajstić information content (AvgIpc) is 4.16. The van der Waals surface area contributed by atoms with Gasteiger partial charge in [0.05, 0.1) is 37.7 Å². The standard InChI is InChI=1S/C53H70N8O6/c1-29(2)46(58-52(64)66-6)50(62)60-42-14-10-8-12-35(42)25-44(60)48-54-27-40(56-48)38-24-37-22-31(5)33-19-16-32(17-20-33)18-21-34(38)23-39(37)41-28-55-49(57-41)45-26-36-13-9-11-15-43(36)61(45)51(63)47(30(3)4)59-53(65)67-7/h16-17,19-20,23-24,27-31,35-36,42-47H,8-15,18,21-22,25-26H2,1-7H3,(H,54,56)(H,55,57)(H,58,64)(H,59,65)/t31-,35?,36?,42?,43?,44+,45+,46+,47+/m1/s1. The summed E-state index contributed by atoms with van der Waals surface area (Å²) in [6.45, 7) is 10.1. The van der Waals surface area contributed by atoms with Crippen molar-refractivity contribution in [3.05, 3.63) is 82.7 Å². The van der Waals surface area contributed by atoms with E-state index in [1.807, 2.05) is 49.9 Å². The van der Waals surface area contributed by atoms with Gasteiger partial charge in [-0.2, -0.15) is 0 Å². The van der Waals surface area contributed by atoms with E-state index in [4.69, 9.17) is 19.4 Å². The van der Waals surface area contributed by atoms with Crippen LogP contribution in [0.3, 0.4) is 0 Å². The van der Waals surface area contributed by atoms with Crippen molar-refractivity contribution in [3.63, 3.8) is 0 Å². The molecule has 4 aromatic rings. The molecule has 0 radical (unpaired) electrons. The van der Waals surface area contributed by atoms with E-state index >= 15 is 0 Å². The first kappa shape index (κ1) is 46.5. The molecule has 14 nitrogen and oxygen atoms in total. The van der Waals surface area contributed by atoms with E-state index in [1.54, 1.807) is 0 Å². The van der Waals surface area contributed by atoms with Gasteiger partial charge in [0.15, 0.2) is 0 Å². The summed E-state index contributed by atoms with van der Waals surface area (Å²) in [6.07, 6.45) is 15.3. The summed E-state index contributed by atoms with van der Waals surface area (Å²) in [5, 5.41) is 5.69. The van der Waals surface area contributed by atoms with Crippen LogP contribution in [0.5, 0.6) is 0 Å². The molecule has 4 bridgehead atoms. The van der Waals surface area contributed by atoms with Gasteiger partial charge in [0.2, 0.25) is 11.8 Å². The number of nitrogens with one attached hydrogen (secondary N) is 4. The van der Waals surface area contributed by atoms with Gasteiger partial charge in [0.25, 0.3) is 0 Å². The first-order valence-corrected chi connectivity index (χ1v) is 25.0. The number of alkyl carbamates (subject to hydrolysis) is 2. The first-order chi connectivity index (χ1) is 32.3. The lowest BCUT2D eigenvalue weighted by Gasteiger charge is -2.36. The Balaban J connectivity index is 1.08. The van der Waals surface area contributed by atoms with Crippen LogP contribution in [0.1, 0.15) is 151 Å². The highest BCUT2D eigenvalue weighted by molar-refractivity contribution is 5.88. The summed E-state index contributed by atoms with van der Waals surface area (Å²) >= 11 is 0. The average molecular weight is 915 g/mol. The van der Waals surface area contributed by atoms with Crippen LogP contribution in [0.2, 0.25) is 0 Å². The van der Waals surface area contributed by atoms with Gasteiger partial charge in [-0.3, -0.25) is 9.59 Å². The number of amides is 4. The summed E-state index contributed by atoms with van der Waals surface area (Å²) < 4.78 is 9.90. The second-order valence-corrected chi connectivity index (χ2v) is 20.8. The fourth-order valence-electron chi connectivity index (χ4n) is 12.3. The molecule has 9 atom stereocenters. The number of H-pyrrole nitrogens is 2. The van der Waals surface area contributed by atoms with Gasteiger partial charge in [0, 0.05) is 35.6 Å². The van der Waals surface area contributed by atoms with Gasteiger partial charge < -0.3 is 39.9 Å². The second-order valence-electron chi connectivity index (χ2n) is 20.8. The molecule has 4 fully saturated rings. The minimum absolute atomic E-state index is 0.0842. The monoisotopic (exact) mass is 915 g/mol. The first-order valence-electron chi connectivity index (χ1n) is 25.0. The van der Waals surface area contributed by atoms with Gasteiger partial charge in [-0.25, -0.2) is 19.6 Å². The lowest BCUT2D eigenvalue weighted by Crippen LogP contribution is -2.53. The van der Waals surface area contributed by atoms with E-state index in [2.05, 4.69) is 63.9 Å². The van der Waals surface area contributed by atoms with Gasteiger partial charge in [-0.05, 0) is 122 Å². The van der Waals surface area contributed by atoms with Crippen molar-refractivity contribution in [2.24, 2.45) is 23.7 Å². The number of aryl methyl sites for hydroxylation is 2. The number of carbonyl (C=O) groups is 4. The van der Waals surface area contributed by atoms with Crippen LogP contribution >= 0.6 is 0 Å². The molecule has 4 heterocycles. The molecule has 6 aliphatic carbocycles. The Morgan fingerprint density at radius 3 is 1.60 bits per heavy atom. The number of ether oxygens (including phenoxy) is 2. The minimum Gasteiger partial charge on any atom is -0.453 e. The molecule has 0 spiro atoms. The third-order valence-corrected chi connectivity index (χ3v) is 15.9. The number of carbonyl (C=O) groups excluding carboxylic acids is 4. The lowest BCUT2D eigenvalue weighted by molar-refractivity contribution is -0.139. The Hall–Kier alpha value is -5.66. The number of hydrogen-bond donors (Lipinski definition) is 4. The number of likely N-dealkylation sites (tertiary alicyclic amines) is 2. The van der Waals surface area contributed by atoms with Crippen molar-refractivity contribution in [2.75, 3.05) is 14.2 Å². The van der Waals surface area contributed by atoms with Crippen LogP contribution in [-0.2, 0) is 38.3 Å². The van der Waals surface area contributed by atoms with E-state index in [1.165, 1.54) is 25.3 Å². The fourth-order valence-corrected chi connectivity index (χ4v) is 12.3. The Labute approximate surface area is 395 Å². The number of aromatic nitrogens is 4.